The van der Waals surface area contributed by atoms with Gasteiger partial charge in [0.1, 0.15) is 0 Å². The van der Waals surface area contributed by atoms with Crippen molar-refractivity contribution in [1.29, 1.82) is 0 Å². The molecule has 0 N–H and O–H groups in total. The fourth-order valence-corrected chi connectivity index (χ4v) is 0. The van der Waals surface area contributed by atoms with Crippen molar-refractivity contribution in [3.63, 3.8) is 0 Å². The maximum absolute atomic E-state index is 8.35. The quantitative estimate of drug-likeness (QED) is 0.472. The Morgan fingerprint density at radius 2 is 1.00 bits per heavy atom. The summed E-state index contributed by atoms with van der Waals surface area (Å²) < 4.78 is 16.7. The van der Waals surface area contributed by atoms with Crippen molar-refractivity contribution in [2.24, 2.45) is 0 Å². The van der Waals surface area contributed by atoms with Gasteiger partial charge in [-0.25, -0.2) is 0 Å². The van der Waals surface area contributed by atoms with Crippen LogP contribution in [-0.2, 0) is 9.13 Å². The topological polar surface area (TPSA) is 34.1 Å². The second-order valence-corrected chi connectivity index (χ2v) is 0.224. The summed E-state index contributed by atoms with van der Waals surface area (Å²) in [6.45, 7) is 0. The Morgan fingerprint density at radius 1 is 1.00 bits per heavy atom. The molecule has 5 heavy (non-hydrogen) atoms. The monoisotopic (exact) mass is 135 g/mol. The van der Waals surface area contributed by atoms with Crippen molar-refractivity contribution >= 4 is 33.2 Å². The minimum atomic E-state index is -1.08. The number of hydrogen-bond acceptors (Lipinski definition) is 2. The number of halogens is 2. The molecular weight excluding hydrogens is 134 g/mol. The van der Waals surface area contributed by atoms with E-state index >= 15 is 0 Å². The minimum absolute atomic E-state index is 0. The van der Waals surface area contributed by atoms with Crippen molar-refractivity contribution in [3.05, 3.63) is 0 Å². The summed E-state index contributed by atoms with van der Waals surface area (Å²) in [6.07, 6.45) is 0. The first-order chi connectivity index (χ1) is 1.41. The van der Waals surface area contributed by atoms with Crippen LogP contribution in [0.3, 0.4) is 0 Å². The van der Waals surface area contributed by atoms with Gasteiger partial charge in [-0.05, 0) is 0 Å². The molecule has 5 heteroatoms. The van der Waals surface area contributed by atoms with Crippen LogP contribution in [0, 0.1) is 0 Å². The SMILES string of the molecule is Cl.Cl.O=[P+]=O. The van der Waals surface area contributed by atoms with E-state index in [0.29, 0.717) is 0 Å². The molecule has 2 nitrogen and oxygen atoms in total. The van der Waals surface area contributed by atoms with E-state index in [1.807, 2.05) is 0 Å². The molecule has 0 rings (SSSR count). The van der Waals surface area contributed by atoms with Crippen LogP contribution in [0.5, 0.6) is 0 Å². The van der Waals surface area contributed by atoms with E-state index in [0.717, 1.165) is 0 Å². The van der Waals surface area contributed by atoms with E-state index in [1.165, 1.54) is 0 Å². The van der Waals surface area contributed by atoms with Crippen molar-refractivity contribution in [2.45, 2.75) is 0 Å². The normalized spacial score (nSPS) is 1.60. The summed E-state index contributed by atoms with van der Waals surface area (Å²) >= 11 is 0. The van der Waals surface area contributed by atoms with E-state index in [2.05, 4.69) is 0 Å². The van der Waals surface area contributed by atoms with Gasteiger partial charge in [-0.15, -0.1) is 24.8 Å². The first-order valence-corrected chi connectivity index (χ1v) is 1.10. The molecule has 32 valence electrons. The van der Waals surface area contributed by atoms with Crippen LogP contribution in [0.15, 0.2) is 0 Å². The zero-order chi connectivity index (χ0) is 2.71. The Morgan fingerprint density at radius 3 is 1.00 bits per heavy atom. The average Bonchev–Trinajstić information content (AvgIpc) is 0.918. The van der Waals surface area contributed by atoms with Crippen molar-refractivity contribution in [1.82, 2.24) is 0 Å². The van der Waals surface area contributed by atoms with Crippen LogP contribution < -0.4 is 0 Å². The van der Waals surface area contributed by atoms with Crippen molar-refractivity contribution in [2.75, 3.05) is 0 Å². The Labute approximate surface area is 43.0 Å². The Bertz CT molecular complexity index is 28.6. The van der Waals surface area contributed by atoms with Gasteiger partial charge >= 0.3 is 17.5 Å². The zero-order valence-corrected chi connectivity index (χ0v) is 4.61. The molecule has 0 saturated heterocycles. The summed E-state index contributed by atoms with van der Waals surface area (Å²) in [4.78, 5) is 0. The van der Waals surface area contributed by atoms with Gasteiger partial charge in [0.05, 0.1) is 0 Å². The Hall–Kier alpha value is 0.610. The third-order valence-electron chi connectivity index (χ3n) is 0. The fourth-order valence-electron chi connectivity index (χ4n) is 0. The average molecular weight is 136 g/mol. The third-order valence-corrected chi connectivity index (χ3v) is 0. The van der Waals surface area contributed by atoms with E-state index in [1.54, 1.807) is 0 Å². The summed E-state index contributed by atoms with van der Waals surface area (Å²) in [5.41, 5.74) is 0. The summed E-state index contributed by atoms with van der Waals surface area (Å²) in [6, 6.07) is 0. The molecule has 0 unspecified atom stereocenters. The van der Waals surface area contributed by atoms with E-state index < -0.39 is 8.34 Å². The molecular formula is H2Cl2O2P+. The van der Waals surface area contributed by atoms with Crippen LogP contribution in [0.4, 0.5) is 0 Å². The first kappa shape index (κ1) is 17.5. The van der Waals surface area contributed by atoms with Crippen LogP contribution >= 0.6 is 33.2 Å². The molecule has 0 aromatic rings. The predicted octanol–water partition coefficient (Wildman–Crippen LogP) is 1.47. The maximum atomic E-state index is 8.35. The predicted molar refractivity (Wildman–Crippen MR) is 22.8 cm³/mol. The number of hydrogen-bond donors (Lipinski definition) is 0. The van der Waals surface area contributed by atoms with Crippen LogP contribution in [0.2, 0.25) is 0 Å². The molecule has 0 aromatic heterocycles. The van der Waals surface area contributed by atoms with E-state index in [-0.39, 0.29) is 24.8 Å². The van der Waals surface area contributed by atoms with Gasteiger partial charge in [0, 0.05) is 0 Å². The Kier molecular flexibility index (Phi) is 81.1. The fraction of sp³-hybridized carbons (Fsp3) is 0. The van der Waals surface area contributed by atoms with Crippen LogP contribution in [-0.4, -0.2) is 0 Å². The molecule has 0 radical (unpaired) electrons. The van der Waals surface area contributed by atoms with Gasteiger partial charge in [0.15, 0.2) is 0 Å². The molecule has 0 aliphatic carbocycles. The first-order valence-electron chi connectivity index (χ1n) is 0.365. The van der Waals surface area contributed by atoms with Crippen molar-refractivity contribution < 1.29 is 9.13 Å². The molecule has 0 aliphatic heterocycles. The summed E-state index contributed by atoms with van der Waals surface area (Å²) in [5.74, 6) is 0. The molecule has 0 aromatic carbocycles. The van der Waals surface area contributed by atoms with Gasteiger partial charge in [-0.1, -0.05) is 0 Å². The second kappa shape index (κ2) is 23.2. The molecule has 0 atom stereocenters. The summed E-state index contributed by atoms with van der Waals surface area (Å²) in [5, 5.41) is 0. The van der Waals surface area contributed by atoms with Crippen molar-refractivity contribution in [3.8, 4) is 0 Å². The molecule has 0 heterocycles. The van der Waals surface area contributed by atoms with Crippen LogP contribution in [0.1, 0.15) is 0 Å². The van der Waals surface area contributed by atoms with Gasteiger partial charge in [0.2, 0.25) is 0 Å². The van der Waals surface area contributed by atoms with E-state index in [9.17, 15) is 0 Å². The molecule has 0 fully saturated rings. The Balaban J connectivity index is -0.0000000200. The van der Waals surface area contributed by atoms with Gasteiger partial charge in [-0.2, -0.15) is 0 Å². The molecule has 0 bridgehead atoms. The molecule has 0 saturated carbocycles. The van der Waals surface area contributed by atoms with Gasteiger partial charge in [-0.3, -0.25) is 0 Å². The second-order valence-electron chi connectivity index (χ2n) is 0.0745. The standard InChI is InChI=1S/2ClH.O2P/c;;1-3-2/h2*1H;/q;;+1. The summed E-state index contributed by atoms with van der Waals surface area (Å²) in [7, 11) is -1.08. The van der Waals surface area contributed by atoms with Gasteiger partial charge < -0.3 is 0 Å². The third kappa shape index (κ3) is 84.4. The van der Waals surface area contributed by atoms with E-state index in [4.69, 9.17) is 9.13 Å². The molecule has 0 amide bonds. The van der Waals surface area contributed by atoms with Gasteiger partial charge in [0.25, 0.3) is 0 Å². The molecule has 0 spiro atoms. The number of rotatable bonds is 0. The van der Waals surface area contributed by atoms with Crippen LogP contribution in [0.25, 0.3) is 0 Å². The zero-order valence-electron chi connectivity index (χ0n) is 2.08. The molecule has 0 aliphatic rings.